The minimum absolute atomic E-state index is 0.165. The van der Waals surface area contributed by atoms with Gasteiger partial charge in [-0.2, -0.15) is 0 Å². The quantitative estimate of drug-likeness (QED) is 0.184. The lowest BCUT2D eigenvalue weighted by atomic mass is 10.1. The number of halogens is 2. The van der Waals surface area contributed by atoms with Crippen LogP contribution in [0.3, 0.4) is 0 Å². The Balaban J connectivity index is 1.22. The van der Waals surface area contributed by atoms with Crippen LogP contribution in [0.2, 0.25) is 10.0 Å². The summed E-state index contributed by atoms with van der Waals surface area (Å²) >= 11 is 13.8. The fourth-order valence-corrected chi connectivity index (χ4v) is 6.15. The van der Waals surface area contributed by atoms with Gasteiger partial charge in [0.15, 0.2) is 0 Å². The molecule has 5 nitrogen and oxygen atoms in total. The molecule has 0 saturated carbocycles. The summed E-state index contributed by atoms with van der Waals surface area (Å²) in [5.74, 6) is 0.402. The van der Waals surface area contributed by atoms with Gasteiger partial charge in [-0.1, -0.05) is 83.9 Å². The van der Waals surface area contributed by atoms with Crippen LogP contribution in [0.25, 0.3) is 27.8 Å². The molecule has 6 rings (SSSR count). The lowest BCUT2D eigenvalue weighted by Gasteiger charge is -2.14. The second-order valence-corrected chi connectivity index (χ2v) is 10.9. The first-order valence-corrected chi connectivity index (χ1v) is 13.9. The van der Waals surface area contributed by atoms with E-state index in [0.717, 1.165) is 50.3 Å². The largest absolute Gasteiger partial charge is 0.491 e. The van der Waals surface area contributed by atoms with Crippen molar-refractivity contribution >= 4 is 73.9 Å². The third-order valence-electron chi connectivity index (χ3n) is 6.69. The predicted octanol–water partition coefficient (Wildman–Crippen LogP) is 8.26. The van der Waals surface area contributed by atoms with Gasteiger partial charge in [-0.15, -0.1) is 0 Å². The Hall–Kier alpha value is -3.71. The van der Waals surface area contributed by atoms with E-state index in [4.69, 9.17) is 27.9 Å². The van der Waals surface area contributed by atoms with Gasteiger partial charge in [0, 0.05) is 43.7 Å². The summed E-state index contributed by atoms with van der Waals surface area (Å²) in [7, 11) is 0. The first-order valence-electron chi connectivity index (χ1n) is 12.4. The molecule has 0 unspecified atom stereocenters. The van der Waals surface area contributed by atoms with Crippen molar-refractivity contribution in [3.8, 4) is 5.75 Å². The molecular weight excluding hydrogens is 551 g/mol. The smallest absolute Gasteiger partial charge is 0.293 e. The third kappa shape index (κ3) is 5.03. The lowest BCUT2D eigenvalue weighted by Crippen LogP contribution is -2.32. The molecule has 2 heterocycles. The van der Waals surface area contributed by atoms with Gasteiger partial charge >= 0.3 is 0 Å². The topological polar surface area (TPSA) is 51.5 Å². The molecule has 0 bridgehead atoms. The van der Waals surface area contributed by atoms with Crippen LogP contribution in [0.1, 0.15) is 11.1 Å². The number of para-hydroxylation sites is 1. The molecule has 5 aromatic rings. The van der Waals surface area contributed by atoms with Crippen molar-refractivity contribution in [1.29, 1.82) is 0 Å². The van der Waals surface area contributed by atoms with Gasteiger partial charge in [-0.05, 0) is 47.5 Å². The van der Waals surface area contributed by atoms with E-state index in [2.05, 4.69) is 4.57 Å². The number of imide groups is 1. The van der Waals surface area contributed by atoms with Crippen molar-refractivity contribution in [2.45, 2.75) is 6.54 Å². The molecule has 4 aromatic carbocycles. The highest BCUT2D eigenvalue weighted by molar-refractivity contribution is 8.18. The van der Waals surface area contributed by atoms with E-state index in [9.17, 15) is 9.59 Å². The number of fused-ring (bicyclic) bond motifs is 2. The number of hydrogen-bond acceptors (Lipinski definition) is 4. The van der Waals surface area contributed by atoms with Crippen LogP contribution < -0.4 is 4.74 Å². The van der Waals surface area contributed by atoms with Gasteiger partial charge in [-0.3, -0.25) is 14.5 Å². The Morgan fingerprint density at radius 2 is 1.51 bits per heavy atom. The predicted molar refractivity (Wildman–Crippen MR) is 160 cm³/mol. The minimum atomic E-state index is -0.322. The average Bonchev–Trinajstić information content (AvgIpc) is 3.42. The highest BCUT2D eigenvalue weighted by Gasteiger charge is 2.35. The second kappa shape index (κ2) is 10.8. The maximum absolute atomic E-state index is 13.2. The van der Waals surface area contributed by atoms with Crippen LogP contribution in [-0.2, 0) is 11.3 Å². The highest BCUT2D eigenvalue weighted by Crippen LogP contribution is 2.35. The number of carbonyl (C=O) groups is 2. The first-order chi connectivity index (χ1) is 19.0. The van der Waals surface area contributed by atoms with Crippen molar-refractivity contribution in [1.82, 2.24) is 9.47 Å². The Morgan fingerprint density at radius 3 is 2.33 bits per heavy atom. The molecule has 0 radical (unpaired) electrons. The Kier molecular flexibility index (Phi) is 7.09. The van der Waals surface area contributed by atoms with E-state index in [1.54, 1.807) is 6.08 Å². The average molecular weight is 574 g/mol. The Labute approximate surface area is 239 Å². The zero-order valence-electron chi connectivity index (χ0n) is 20.6. The standard InChI is InChI=1S/C31H22Cl2N2O3S/c32-25-11-6-12-26(33)24(25)19-34-18-21(22-9-3-4-13-27(22)34)17-29-30(36)35(31(37)39-29)15-16-38-28-14-5-8-20-7-1-2-10-23(20)28/h1-14,17-18H,15-16,19H2/b29-17-. The fourth-order valence-electron chi connectivity index (χ4n) is 4.78. The van der Waals surface area contributed by atoms with Gasteiger partial charge in [0.2, 0.25) is 0 Å². The Bertz CT molecular complexity index is 1750. The van der Waals surface area contributed by atoms with Gasteiger partial charge in [0.1, 0.15) is 12.4 Å². The van der Waals surface area contributed by atoms with Gasteiger partial charge < -0.3 is 9.30 Å². The molecule has 1 aliphatic rings. The number of amides is 2. The molecule has 1 fully saturated rings. The van der Waals surface area contributed by atoms with Crippen LogP contribution in [0, 0.1) is 0 Å². The lowest BCUT2D eigenvalue weighted by molar-refractivity contribution is -0.123. The molecule has 0 aliphatic carbocycles. The third-order valence-corrected chi connectivity index (χ3v) is 8.31. The molecule has 0 N–H and O–H groups in total. The van der Waals surface area contributed by atoms with E-state index in [-0.39, 0.29) is 24.3 Å². The molecule has 2 amide bonds. The van der Waals surface area contributed by atoms with Crippen LogP contribution in [0.5, 0.6) is 5.75 Å². The summed E-state index contributed by atoms with van der Waals surface area (Å²) in [4.78, 5) is 27.6. The van der Waals surface area contributed by atoms with Gasteiger partial charge in [-0.25, -0.2) is 0 Å². The van der Waals surface area contributed by atoms with Crippen molar-refractivity contribution in [2.75, 3.05) is 13.2 Å². The van der Waals surface area contributed by atoms with Crippen molar-refractivity contribution in [3.63, 3.8) is 0 Å². The minimum Gasteiger partial charge on any atom is -0.491 e. The summed E-state index contributed by atoms with van der Waals surface area (Å²) in [6.07, 6.45) is 3.74. The number of aromatic nitrogens is 1. The zero-order valence-corrected chi connectivity index (χ0v) is 23.0. The van der Waals surface area contributed by atoms with Gasteiger partial charge in [0.05, 0.1) is 18.0 Å². The fraction of sp³-hybridized carbons (Fsp3) is 0.0968. The molecule has 1 saturated heterocycles. The summed E-state index contributed by atoms with van der Waals surface area (Å²) in [6.45, 7) is 0.842. The first kappa shape index (κ1) is 25.6. The molecule has 1 aromatic heterocycles. The molecule has 1 aliphatic heterocycles. The van der Waals surface area contributed by atoms with Crippen molar-refractivity contribution in [2.24, 2.45) is 0 Å². The SMILES string of the molecule is O=C1S/C(=C\c2cn(Cc3c(Cl)cccc3Cl)c3ccccc23)C(=O)N1CCOc1cccc2ccccc12. The molecule has 0 spiro atoms. The zero-order chi connectivity index (χ0) is 26.9. The van der Waals surface area contributed by atoms with Crippen molar-refractivity contribution < 1.29 is 14.3 Å². The van der Waals surface area contributed by atoms with E-state index >= 15 is 0 Å². The van der Waals surface area contributed by atoms with E-state index in [0.29, 0.717) is 21.5 Å². The number of rotatable bonds is 7. The summed E-state index contributed by atoms with van der Waals surface area (Å²) < 4.78 is 8.02. The number of benzene rings is 4. The van der Waals surface area contributed by atoms with Crippen molar-refractivity contribution in [3.05, 3.63) is 117 Å². The molecule has 8 heteroatoms. The molecular formula is C31H22Cl2N2O3S. The number of carbonyl (C=O) groups excluding carboxylic acids is 2. The maximum atomic E-state index is 13.2. The molecule has 39 heavy (non-hydrogen) atoms. The normalized spacial score (nSPS) is 14.7. The van der Waals surface area contributed by atoms with Crippen LogP contribution >= 0.6 is 35.0 Å². The summed E-state index contributed by atoms with van der Waals surface area (Å²) in [6, 6.07) is 27.1. The van der Waals surface area contributed by atoms with E-state index < -0.39 is 0 Å². The van der Waals surface area contributed by atoms with Crippen LogP contribution in [-0.4, -0.2) is 33.8 Å². The number of nitrogens with zero attached hydrogens (tertiary/aromatic N) is 2. The van der Waals surface area contributed by atoms with E-state index in [1.165, 1.54) is 4.90 Å². The monoisotopic (exact) mass is 572 g/mol. The second-order valence-electron chi connectivity index (χ2n) is 9.09. The van der Waals surface area contributed by atoms with Gasteiger partial charge in [0.25, 0.3) is 11.1 Å². The highest BCUT2D eigenvalue weighted by atomic mass is 35.5. The number of ether oxygens (including phenoxy) is 1. The number of hydrogen-bond donors (Lipinski definition) is 0. The Morgan fingerprint density at radius 1 is 0.821 bits per heavy atom. The molecule has 0 atom stereocenters. The number of thioether (sulfide) groups is 1. The van der Waals surface area contributed by atoms with E-state index in [1.807, 2.05) is 91.1 Å². The maximum Gasteiger partial charge on any atom is 0.293 e. The van der Waals surface area contributed by atoms with Crippen LogP contribution in [0.4, 0.5) is 4.79 Å². The van der Waals surface area contributed by atoms with Crippen LogP contribution in [0.15, 0.2) is 96.0 Å². The summed E-state index contributed by atoms with van der Waals surface area (Å²) in [5.41, 5.74) is 2.63. The summed E-state index contributed by atoms with van der Waals surface area (Å²) in [5, 5.41) is 3.90. The molecule has 194 valence electrons.